The molecule has 246 valence electrons. The van der Waals surface area contributed by atoms with Crippen LogP contribution in [0.1, 0.15) is 98.3 Å². The van der Waals surface area contributed by atoms with Crippen molar-refractivity contribution < 1.29 is 47.3 Å². The summed E-state index contributed by atoms with van der Waals surface area (Å²) in [5, 5.41) is 0.572. The monoisotopic (exact) mass is 636 g/mol. The molecule has 0 unspecified atom stereocenters. The molecule has 0 amide bonds. The first-order valence-electron chi connectivity index (χ1n) is 15.8. The maximum Gasteiger partial charge on any atom is 0.351 e. The van der Waals surface area contributed by atoms with Crippen molar-refractivity contribution in [1.29, 1.82) is 0 Å². The summed E-state index contributed by atoms with van der Waals surface area (Å²) in [6.07, 6.45) is -1.27. The van der Waals surface area contributed by atoms with E-state index in [1.807, 2.05) is 27.7 Å². The van der Waals surface area contributed by atoms with E-state index in [-0.39, 0.29) is 29.7 Å². The SMILES string of the molecule is Cc1cc(=O)oc2c3c(ccc12)OC(C)(C)[C@H](OC(=O)[C@@]12CC[C@@](C)(C(=O)O1)C2(C)C)[C@@H]3OC(=O)[C@@]12CC[C@@](C)(C(=O)O1)C2(C)C. The van der Waals surface area contributed by atoms with Gasteiger partial charge >= 0.3 is 29.5 Å². The van der Waals surface area contributed by atoms with Crippen molar-refractivity contribution in [2.24, 2.45) is 21.7 Å². The van der Waals surface area contributed by atoms with Gasteiger partial charge in [-0.15, -0.1) is 0 Å². The molecule has 2 saturated carbocycles. The zero-order valence-electron chi connectivity index (χ0n) is 27.7. The second kappa shape index (κ2) is 8.72. The summed E-state index contributed by atoms with van der Waals surface area (Å²) < 4.78 is 36.5. The Morgan fingerprint density at radius 1 is 0.739 bits per heavy atom. The van der Waals surface area contributed by atoms with E-state index >= 15 is 0 Å². The predicted molar refractivity (Wildman–Crippen MR) is 161 cm³/mol. The van der Waals surface area contributed by atoms with E-state index in [1.54, 1.807) is 46.8 Å². The Morgan fingerprint density at radius 3 is 1.74 bits per heavy atom. The van der Waals surface area contributed by atoms with Crippen molar-refractivity contribution in [2.45, 2.75) is 117 Å². The Bertz CT molecular complexity index is 1830. The lowest BCUT2D eigenvalue weighted by atomic mass is 9.66. The van der Waals surface area contributed by atoms with E-state index in [2.05, 4.69) is 0 Å². The molecule has 4 fully saturated rings. The van der Waals surface area contributed by atoms with Crippen molar-refractivity contribution in [3.05, 3.63) is 39.7 Å². The molecule has 4 bridgehead atoms. The highest BCUT2D eigenvalue weighted by Crippen LogP contribution is 2.67. The van der Waals surface area contributed by atoms with Gasteiger partial charge in [0.2, 0.25) is 11.2 Å². The topological polar surface area (TPSA) is 145 Å². The van der Waals surface area contributed by atoms with Crippen LogP contribution in [0.25, 0.3) is 11.0 Å². The highest BCUT2D eigenvalue weighted by atomic mass is 16.7. The van der Waals surface area contributed by atoms with E-state index in [0.29, 0.717) is 23.8 Å². The number of hydrogen-bond acceptors (Lipinski definition) is 11. The van der Waals surface area contributed by atoms with Crippen molar-refractivity contribution in [3.63, 3.8) is 0 Å². The van der Waals surface area contributed by atoms with Crippen LogP contribution in [0, 0.1) is 28.6 Å². The average molecular weight is 637 g/mol. The molecule has 1 aromatic carbocycles. The van der Waals surface area contributed by atoms with Crippen LogP contribution in [-0.2, 0) is 38.1 Å². The molecule has 1 aromatic heterocycles. The maximum absolute atomic E-state index is 14.4. The van der Waals surface area contributed by atoms with Crippen molar-refractivity contribution >= 4 is 34.8 Å². The highest BCUT2D eigenvalue weighted by Gasteiger charge is 2.78. The third-order valence-electron chi connectivity index (χ3n) is 13.0. The van der Waals surface area contributed by atoms with Crippen LogP contribution in [0.4, 0.5) is 0 Å². The molecule has 0 N–H and O–H groups in total. The van der Waals surface area contributed by atoms with E-state index in [1.165, 1.54) is 6.07 Å². The minimum atomic E-state index is -1.59. The highest BCUT2D eigenvalue weighted by molar-refractivity contribution is 5.95. The van der Waals surface area contributed by atoms with E-state index in [9.17, 15) is 24.0 Å². The second-order valence-corrected chi connectivity index (χ2v) is 15.8. The number of hydrogen-bond donors (Lipinski definition) is 0. The number of aryl methyl sites for hydroxylation is 1. The molecule has 11 heteroatoms. The smallest absolute Gasteiger partial charge is 0.351 e. The fourth-order valence-corrected chi connectivity index (χ4v) is 8.75. The molecule has 46 heavy (non-hydrogen) atoms. The fourth-order valence-electron chi connectivity index (χ4n) is 8.75. The first-order valence-corrected chi connectivity index (χ1v) is 15.8. The van der Waals surface area contributed by atoms with Crippen LogP contribution in [0.3, 0.4) is 0 Å². The van der Waals surface area contributed by atoms with E-state index in [0.717, 1.165) is 0 Å². The summed E-state index contributed by atoms with van der Waals surface area (Å²) in [5.41, 5.74) is -7.72. The lowest BCUT2D eigenvalue weighted by molar-refractivity contribution is -0.217. The van der Waals surface area contributed by atoms with Crippen LogP contribution in [0.15, 0.2) is 27.4 Å². The Labute approximate surface area is 266 Å². The second-order valence-electron chi connectivity index (χ2n) is 15.8. The van der Waals surface area contributed by atoms with Gasteiger partial charge in [-0.05, 0) is 78.0 Å². The quantitative estimate of drug-likeness (QED) is 0.254. The van der Waals surface area contributed by atoms with Crippen LogP contribution in [0.5, 0.6) is 5.75 Å². The van der Waals surface area contributed by atoms with Gasteiger partial charge in [-0.2, -0.15) is 0 Å². The van der Waals surface area contributed by atoms with Gasteiger partial charge in [-0.25, -0.2) is 14.4 Å². The van der Waals surface area contributed by atoms with Gasteiger partial charge in [-0.1, -0.05) is 27.7 Å². The summed E-state index contributed by atoms with van der Waals surface area (Å²) in [6, 6.07) is 4.79. The molecule has 11 nitrogen and oxygen atoms in total. The van der Waals surface area contributed by atoms with Gasteiger partial charge in [0, 0.05) is 22.3 Å². The summed E-state index contributed by atoms with van der Waals surface area (Å²) in [4.78, 5) is 67.5. The molecule has 3 aliphatic heterocycles. The van der Waals surface area contributed by atoms with Gasteiger partial charge < -0.3 is 28.1 Å². The molecular formula is C35H40O11. The number of rotatable bonds is 4. The lowest BCUT2D eigenvalue weighted by Gasteiger charge is -2.45. The van der Waals surface area contributed by atoms with Crippen LogP contribution in [0.2, 0.25) is 0 Å². The van der Waals surface area contributed by atoms with Crippen LogP contribution >= 0.6 is 0 Å². The molecule has 6 atom stereocenters. The summed E-state index contributed by atoms with van der Waals surface area (Å²) in [6.45, 7) is 16.0. The molecule has 5 aliphatic rings. The van der Waals surface area contributed by atoms with Crippen LogP contribution in [-0.4, -0.2) is 46.8 Å². The largest absolute Gasteiger partial charge is 0.483 e. The van der Waals surface area contributed by atoms with Gasteiger partial charge in [-0.3, -0.25) is 9.59 Å². The maximum atomic E-state index is 14.4. The number of carbonyl (C=O) groups excluding carboxylic acids is 4. The minimum absolute atomic E-state index is 0.118. The van der Waals surface area contributed by atoms with Gasteiger partial charge in [0.25, 0.3) is 0 Å². The van der Waals surface area contributed by atoms with E-state index in [4.69, 9.17) is 28.1 Å². The normalized spacial score (nSPS) is 37.3. The lowest BCUT2D eigenvalue weighted by Crippen LogP contribution is -2.57. The van der Waals surface area contributed by atoms with Crippen molar-refractivity contribution in [3.8, 4) is 5.75 Å². The van der Waals surface area contributed by atoms with Gasteiger partial charge in [0.15, 0.2) is 12.2 Å². The number of ether oxygens (including phenoxy) is 5. The summed E-state index contributed by atoms with van der Waals surface area (Å²) in [5.74, 6) is -2.25. The fraction of sp³-hybridized carbons (Fsp3) is 0.629. The van der Waals surface area contributed by atoms with Gasteiger partial charge in [0.1, 0.15) is 16.9 Å². The standard InChI is InChI=1S/C35H40O11/c1-17-16-20(36)41-22-18(17)10-11-19-21(22)23(42-27(39)34-14-12-32(8,25(37)45-34)30(34,4)5)24(29(2,3)44-19)43-28(40)35-15-13-33(9,26(38)46-35)31(35,6)7/h10-11,16,23-24H,12-15H2,1-9H3/t23-,24-,32+,33+,34-,35-/m1/s1. The molecule has 0 spiro atoms. The average Bonchev–Trinajstić information content (AvgIpc) is 3.42. The first-order chi connectivity index (χ1) is 21.2. The molecule has 2 aliphatic carbocycles. The number of esters is 4. The van der Waals surface area contributed by atoms with E-state index < -0.39 is 80.2 Å². The third kappa shape index (κ3) is 3.31. The third-order valence-corrected chi connectivity index (χ3v) is 13.0. The predicted octanol–water partition coefficient (Wildman–Crippen LogP) is 5.01. The van der Waals surface area contributed by atoms with Crippen LogP contribution < -0.4 is 10.4 Å². The summed E-state index contributed by atoms with van der Waals surface area (Å²) in [7, 11) is 0. The zero-order chi connectivity index (χ0) is 33.6. The number of carbonyl (C=O) groups is 4. The Balaban J connectivity index is 1.37. The molecular weight excluding hydrogens is 596 g/mol. The van der Waals surface area contributed by atoms with Gasteiger partial charge in [0.05, 0.1) is 16.4 Å². The van der Waals surface area contributed by atoms with Crippen molar-refractivity contribution in [1.82, 2.24) is 0 Å². The number of fused-ring (bicyclic) bond motifs is 7. The first kappa shape index (κ1) is 30.7. The Hall–Kier alpha value is -3.89. The molecule has 0 radical (unpaired) electrons. The minimum Gasteiger partial charge on any atom is -0.483 e. The Morgan fingerprint density at radius 2 is 1.26 bits per heavy atom. The van der Waals surface area contributed by atoms with Crippen molar-refractivity contribution in [2.75, 3.05) is 0 Å². The number of benzene rings is 1. The Kier molecular flexibility index (Phi) is 5.83. The molecule has 2 saturated heterocycles. The molecule has 7 rings (SSSR count). The molecule has 2 aromatic rings. The summed E-state index contributed by atoms with van der Waals surface area (Å²) >= 11 is 0. The molecule has 4 heterocycles. The zero-order valence-corrected chi connectivity index (χ0v) is 27.7.